The summed E-state index contributed by atoms with van der Waals surface area (Å²) in [5, 5.41) is 3.37. The molecule has 1 aliphatic rings. The number of rotatable bonds is 2. The molecule has 1 aromatic heterocycles. The Morgan fingerprint density at radius 2 is 2.06 bits per heavy atom. The van der Waals surface area contributed by atoms with Crippen molar-refractivity contribution in [2.45, 2.75) is 6.92 Å². The van der Waals surface area contributed by atoms with E-state index in [4.69, 9.17) is 0 Å². The second-order valence-corrected chi connectivity index (χ2v) is 4.67. The molecule has 0 amide bonds. The van der Waals surface area contributed by atoms with Crippen molar-refractivity contribution in [1.82, 2.24) is 14.9 Å². The summed E-state index contributed by atoms with van der Waals surface area (Å²) < 4.78 is 2.16. The zero-order valence-corrected chi connectivity index (χ0v) is 10.6. The largest absolute Gasteiger partial charge is 0.339 e. The predicted molar refractivity (Wildman–Crippen MR) is 73.4 cm³/mol. The van der Waals surface area contributed by atoms with E-state index in [0.717, 1.165) is 32.1 Å². The molecule has 2 heterocycles. The molecular weight excluding hydrogens is 224 g/mol. The van der Waals surface area contributed by atoms with E-state index in [2.05, 4.69) is 51.0 Å². The molecule has 1 fully saturated rings. The quantitative estimate of drug-likeness (QED) is 0.868. The van der Waals surface area contributed by atoms with Gasteiger partial charge in [-0.05, 0) is 24.6 Å². The van der Waals surface area contributed by atoms with Crippen LogP contribution in [0.1, 0.15) is 5.56 Å². The Bertz CT molecular complexity index is 526. The van der Waals surface area contributed by atoms with Gasteiger partial charge >= 0.3 is 0 Å². The minimum Gasteiger partial charge on any atom is -0.339 e. The van der Waals surface area contributed by atoms with E-state index in [1.807, 2.05) is 12.4 Å². The van der Waals surface area contributed by atoms with E-state index in [1.165, 1.54) is 11.3 Å². The Labute approximate surface area is 107 Å². The number of hydrogen-bond acceptors (Lipinski definition) is 3. The maximum absolute atomic E-state index is 4.51. The first kappa shape index (κ1) is 11.3. The van der Waals surface area contributed by atoms with Gasteiger partial charge < -0.3 is 10.2 Å². The van der Waals surface area contributed by atoms with Gasteiger partial charge in [-0.15, -0.1) is 0 Å². The molecule has 0 saturated carbocycles. The third-order valence-corrected chi connectivity index (χ3v) is 3.30. The number of anilines is 1. The molecule has 4 nitrogen and oxygen atoms in total. The smallest absolute Gasteiger partial charge is 0.210 e. The summed E-state index contributed by atoms with van der Waals surface area (Å²) in [5.74, 6) is 1.04. The van der Waals surface area contributed by atoms with Crippen molar-refractivity contribution in [3.05, 3.63) is 42.2 Å². The van der Waals surface area contributed by atoms with Gasteiger partial charge in [-0.25, -0.2) is 4.98 Å². The normalized spacial score (nSPS) is 15.9. The highest BCUT2D eigenvalue weighted by atomic mass is 15.3. The highest BCUT2D eigenvalue weighted by Crippen LogP contribution is 2.19. The lowest BCUT2D eigenvalue weighted by Crippen LogP contribution is -2.44. The molecule has 1 aliphatic heterocycles. The second kappa shape index (κ2) is 4.82. The standard InChI is InChI=1S/C14H18N4/c1-12-3-2-4-13(11-12)18-10-7-16-14(18)17-8-5-15-6-9-17/h2-4,7,10-11,15H,5-6,8-9H2,1H3. The lowest BCUT2D eigenvalue weighted by molar-refractivity contribution is 0.577. The molecular formula is C14H18N4. The summed E-state index contributed by atoms with van der Waals surface area (Å²) in [7, 11) is 0. The third-order valence-electron chi connectivity index (χ3n) is 3.30. The van der Waals surface area contributed by atoms with Crippen LogP contribution in [0.25, 0.3) is 5.69 Å². The van der Waals surface area contributed by atoms with Gasteiger partial charge in [0.25, 0.3) is 0 Å². The van der Waals surface area contributed by atoms with Gasteiger partial charge in [-0.1, -0.05) is 12.1 Å². The number of benzene rings is 1. The average molecular weight is 242 g/mol. The molecule has 1 aromatic carbocycles. The Morgan fingerprint density at radius 3 is 2.83 bits per heavy atom. The van der Waals surface area contributed by atoms with Crippen LogP contribution < -0.4 is 10.2 Å². The van der Waals surface area contributed by atoms with Crippen molar-refractivity contribution in [2.75, 3.05) is 31.1 Å². The molecule has 0 spiro atoms. The van der Waals surface area contributed by atoms with Gasteiger partial charge in [0.15, 0.2) is 0 Å². The number of nitrogens with zero attached hydrogens (tertiary/aromatic N) is 3. The van der Waals surface area contributed by atoms with Crippen molar-refractivity contribution >= 4 is 5.95 Å². The van der Waals surface area contributed by atoms with E-state index in [9.17, 15) is 0 Å². The van der Waals surface area contributed by atoms with Crippen molar-refractivity contribution in [1.29, 1.82) is 0 Å². The number of piperazine rings is 1. The average Bonchev–Trinajstić information content (AvgIpc) is 2.89. The Kier molecular flexibility index (Phi) is 3.02. The highest BCUT2D eigenvalue weighted by molar-refractivity contribution is 5.45. The summed E-state index contributed by atoms with van der Waals surface area (Å²) in [5.41, 5.74) is 2.45. The number of hydrogen-bond donors (Lipinski definition) is 1. The van der Waals surface area contributed by atoms with Gasteiger partial charge in [0.2, 0.25) is 5.95 Å². The van der Waals surface area contributed by atoms with Crippen molar-refractivity contribution in [2.24, 2.45) is 0 Å². The number of aryl methyl sites for hydroxylation is 1. The molecule has 0 bridgehead atoms. The number of imidazole rings is 1. The van der Waals surface area contributed by atoms with Gasteiger partial charge in [0.1, 0.15) is 0 Å². The van der Waals surface area contributed by atoms with Crippen LogP contribution in [-0.4, -0.2) is 35.7 Å². The molecule has 18 heavy (non-hydrogen) atoms. The predicted octanol–water partition coefficient (Wildman–Crippen LogP) is 1.59. The molecule has 2 aromatic rings. The molecule has 0 aliphatic carbocycles. The van der Waals surface area contributed by atoms with E-state index in [1.54, 1.807) is 0 Å². The van der Waals surface area contributed by atoms with Gasteiger partial charge in [0, 0.05) is 44.3 Å². The Morgan fingerprint density at radius 1 is 1.22 bits per heavy atom. The number of nitrogens with one attached hydrogen (secondary N) is 1. The van der Waals surface area contributed by atoms with Crippen LogP contribution in [0.5, 0.6) is 0 Å². The summed E-state index contributed by atoms with van der Waals surface area (Å²) >= 11 is 0. The fraction of sp³-hybridized carbons (Fsp3) is 0.357. The zero-order chi connectivity index (χ0) is 12.4. The second-order valence-electron chi connectivity index (χ2n) is 4.67. The van der Waals surface area contributed by atoms with Crippen LogP contribution in [0.2, 0.25) is 0 Å². The topological polar surface area (TPSA) is 33.1 Å². The monoisotopic (exact) mass is 242 g/mol. The third kappa shape index (κ3) is 2.11. The summed E-state index contributed by atoms with van der Waals surface area (Å²) in [6.45, 7) is 6.21. The van der Waals surface area contributed by atoms with Gasteiger partial charge in [-0.3, -0.25) is 4.57 Å². The zero-order valence-electron chi connectivity index (χ0n) is 10.6. The summed E-state index contributed by atoms with van der Waals surface area (Å²) in [4.78, 5) is 6.84. The van der Waals surface area contributed by atoms with Gasteiger partial charge in [-0.2, -0.15) is 0 Å². The lowest BCUT2D eigenvalue weighted by atomic mass is 10.2. The molecule has 94 valence electrons. The van der Waals surface area contributed by atoms with Crippen molar-refractivity contribution in [3.8, 4) is 5.69 Å². The first-order valence-electron chi connectivity index (χ1n) is 6.41. The molecule has 1 saturated heterocycles. The van der Waals surface area contributed by atoms with E-state index >= 15 is 0 Å². The van der Waals surface area contributed by atoms with Crippen LogP contribution in [0.15, 0.2) is 36.7 Å². The minimum absolute atomic E-state index is 1.02. The lowest BCUT2D eigenvalue weighted by Gasteiger charge is -2.28. The molecule has 0 atom stereocenters. The van der Waals surface area contributed by atoms with Crippen LogP contribution >= 0.6 is 0 Å². The van der Waals surface area contributed by atoms with Crippen molar-refractivity contribution < 1.29 is 0 Å². The molecule has 4 heteroatoms. The molecule has 1 N–H and O–H groups in total. The highest BCUT2D eigenvalue weighted by Gasteiger charge is 2.15. The maximum atomic E-state index is 4.51. The van der Waals surface area contributed by atoms with Crippen LogP contribution in [0.3, 0.4) is 0 Å². The Balaban J connectivity index is 1.95. The van der Waals surface area contributed by atoms with Crippen molar-refractivity contribution in [3.63, 3.8) is 0 Å². The molecule has 3 rings (SSSR count). The Hall–Kier alpha value is -1.81. The van der Waals surface area contributed by atoms with Crippen LogP contribution in [0, 0.1) is 6.92 Å². The summed E-state index contributed by atoms with van der Waals surface area (Å²) in [6, 6.07) is 8.52. The first-order valence-corrected chi connectivity index (χ1v) is 6.41. The van der Waals surface area contributed by atoms with Crippen LogP contribution in [0.4, 0.5) is 5.95 Å². The van der Waals surface area contributed by atoms with E-state index in [-0.39, 0.29) is 0 Å². The fourth-order valence-corrected chi connectivity index (χ4v) is 2.37. The van der Waals surface area contributed by atoms with Gasteiger partial charge in [0.05, 0.1) is 0 Å². The minimum atomic E-state index is 1.02. The SMILES string of the molecule is Cc1cccc(-n2ccnc2N2CCNCC2)c1. The van der Waals surface area contributed by atoms with E-state index in [0.29, 0.717) is 0 Å². The number of aromatic nitrogens is 2. The fourth-order valence-electron chi connectivity index (χ4n) is 2.37. The first-order chi connectivity index (χ1) is 8.84. The molecule has 0 radical (unpaired) electrons. The van der Waals surface area contributed by atoms with Crippen LogP contribution in [-0.2, 0) is 0 Å². The maximum Gasteiger partial charge on any atom is 0.210 e. The molecule has 0 unspecified atom stereocenters. The summed E-state index contributed by atoms with van der Waals surface area (Å²) in [6.07, 6.45) is 3.91. The van der Waals surface area contributed by atoms with E-state index < -0.39 is 0 Å².